The normalized spacial score (nSPS) is 10.7. The van der Waals surface area contributed by atoms with Crippen LogP contribution in [-0.2, 0) is 20.1 Å². The molecule has 1 radical (unpaired) electrons. The number of nitrogens with zero attached hydrogens (tertiary/aromatic N) is 3. The molecule has 0 bridgehead atoms. The Bertz CT molecular complexity index is 1950. The van der Waals surface area contributed by atoms with E-state index in [1.807, 2.05) is 54.7 Å². The third-order valence-corrected chi connectivity index (χ3v) is 7.03. The molecule has 5 aromatic carbocycles. The van der Waals surface area contributed by atoms with Crippen LogP contribution in [0.4, 0.5) is 0 Å². The summed E-state index contributed by atoms with van der Waals surface area (Å²) in [6.07, 6.45) is 1.91. The van der Waals surface area contributed by atoms with Crippen LogP contribution in [-0.4, -0.2) is 15.0 Å². The molecule has 0 aliphatic carbocycles. The average Bonchev–Trinajstić information content (AvgIpc) is 3.05. The van der Waals surface area contributed by atoms with Crippen LogP contribution in [0.15, 0.2) is 146 Å². The Morgan fingerprint density at radius 2 is 1.07 bits per heavy atom. The molecule has 0 aliphatic rings. The number of benzene rings is 5. The van der Waals surface area contributed by atoms with Crippen LogP contribution in [0.1, 0.15) is 0 Å². The molecule has 0 fully saturated rings. The SMILES string of the molecule is [Ir].[c-]1ccc(-c2nc(-c3ccccc3)cc(-c3cccc(-c4ccccc4)c3)n2)cc1-c1cc2ccccc2cn1. The largest absolute Gasteiger partial charge is 0.304 e. The molecule has 4 heteroatoms. The molecule has 7 aromatic rings. The number of hydrogen-bond acceptors (Lipinski definition) is 3. The monoisotopic (exact) mass is 703 g/mol. The van der Waals surface area contributed by atoms with Gasteiger partial charge in [-0.2, -0.15) is 0 Å². The quantitative estimate of drug-likeness (QED) is 0.168. The van der Waals surface area contributed by atoms with Crippen molar-refractivity contribution in [2.24, 2.45) is 0 Å². The molecule has 197 valence electrons. The van der Waals surface area contributed by atoms with E-state index in [9.17, 15) is 0 Å². The number of rotatable bonds is 5. The molecule has 2 aromatic heterocycles. The van der Waals surface area contributed by atoms with Crippen LogP contribution in [0.3, 0.4) is 0 Å². The summed E-state index contributed by atoms with van der Waals surface area (Å²) in [7, 11) is 0. The van der Waals surface area contributed by atoms with Crippen LogP contribution in [0.5, 0.6) is 0 Å². The summed E-state index contributed by atoms with van der Waals surface area (Å²) in [5.74, 6) is 0.664. The molecule has 0 N–H and O–H groups in total. The topological polar surface area (TPSA) is 38.7 Å². The zero-order chi connectivity index (χ0) is 26.7. The number of aromatic nitrogens is 3. The van der Waals surface area contributed by atoms with Crippen molar-refractivity contribution in [2.45, 2.75) is 0 Å². The van der Waals surface area contributed by atoms with Crippen molar-refractivity contribution in [2.75, 3.05) is 0 Å². The fourth-order valence-electron chi connectivity index (χ4n) is 4.95. The van der Waals surface area contributed by atoms with Gasteiger partial charge in [0, 0.05) is 37.4 Å². The average molecular weight is 703 g/mol. The molecule has 2 heterocycles. The first kappa shape index (κ1) is 26.5. The fourth-order valence-corrected chi connectivity index (χ4v) is 4.95. The Balaban J connectivity index is 0.00000302. The van der Waals surface area contributed by atoms with E-state index in [0.29, 0.717) is 5.82 Å². The molecule has 0 saturated carbocycles. The maximum absolute atomic E-state index is 5.07. The van der Waals surface area contributed by atoms with Gasteiger partial charge in [0.05, 0.1) is 11.4 Å². The second-order valence-corrected chi connectivity index (χ2v) is 9.68. The molecule has 0 unspecified atom stereocenters. The van der Waals surface area contributed by atoms with Crippen molar-refractivity contribution in [3.63, 3.8) is 0 Å². The summed E-state index contributed by atoms with van der Waals surface area (Å²) in [6.45, 7) is 0. The maximum Gasteiger partial charge on any atom is 0.142 e. The van der Waals surface area contributed by atoms with Crippen molar-refractivity contribution in [3.8, 4) is 56.3 Å². The molecule has 0 aliphatic heterocycles. The van der Waals surface area contributed by atoms with Crippen molar-refractivity contribution in [3.05, 3.63) is 152 Å². The third-order valence-electron chi connectivity index (χ3n) is 7.03. The Morgan fingerprint density at radius 3 is 1.85 bits per heavy atom. The van der Waals surface area contributed by atoms with E-state index in [-0.39, 0.29) is 20.1 Å². The Kier molecular flexibility index (Phi) is 7.60. The molecule has 0 amide bonds. The van der Waals surface area contributed by atoms with E-state index >= 15 is 0 Å². The van der Waals surface area contributed by atoms with Gasteiger partial charge < -0.3 is 4.98 Å². The minimum atomic E-state index is 0. The number of pyridine rings is 1. The van der Waals surface area contributed by atoms with Gasteiger partial charge in [-0.25, -0.2) is 9.97 Å². The smallest absolute Gasteiger partial charge is 0.142 e. The minimum Gasteiger partial charge on any atom is -0.304 e. The number of hydrogen-bond donors (Lipinski definition) is 0. The summed E-state index contributed by atoms with van der Waals surface area (Å²) in [5.41, 5.74) is 8.86. The van der Waals surface area contributed by atoms with E-state index in [4.69, 9.17) is 15.0 Å². The van der Waals surface area contributed by atoms with E-state index in [1.54, 1.807) is 0 Å². The van der Waals surface area contributed by atoms with Crippen LogP contribution in [0, 0.1) is 6.07 Å². The standard InChI is InChI=1S/C37H24N3.Ir/c1-3-11-26(12-4-1)28-17-9-19-31(21-28)36-24-35(27-13-5-2-6-14-27)39-37(40-36)32-20-10-18-30(22-32)34-23-29-15-7-8-16-33(29)25-38-34;/h1-17,19-25H;/q-1;. The second kappa shape index (κ2) is 11.8. The molecule has 3 nitrogen and oxygen atoms in total. The van der Waals surface area contributed by atoms with Gasteiger partial charge in [0.1, 0.15) is 5.82 Å². The van der Waals surface area contributed by atoms with Gasteiger partial charge in [0.15, 0.2) is 0 Å². The minimum absolute atomic E-state index is 0. The van der Waals surface area contributed by atoms with Crippen molar-refractivity contribution in [1.82, 2.24) is 15.0 Å². The van der Waals surface area contributed by atoms with Crippen LogP contribution < -0.4 is 0 Å². The predicted octanol–water partition coefficient (Wildman–Crippen LogP) is 9.16. The van der Waals surface area contributed by atoms with E-state index in [1.165, 1.54) is 5.56 Å². The summed E-state index contributed by atoms with van der Waals surface area (Å²) < 4.78 is 0. The summed E-state index contributed by atoms with van der Waals surface area (Å²) in [5, 5.41) is 2.26. The first-order valence-corrected chi connectivity index (χ1v) is 13.3. The zero-order valence-corrected chi connectivity index (χ0v) is 24.4. The summed E-state index contributed by atoms with van der Waals surface area (Å²) in [4.78, 5) is 14.8. The Hall–Kier alpha value is -4.76. The van der Waals surface area contributed by atoms with Gasteiger partial charge in [-0.15, -0.1) is 29.8 Å². The van der Waals surface area contributed by atoms with Crippen molar-refractivity contribution >= 4 is 10.8 Å². The van der Waals surface area contributed by atoms with E-state index in [2.05, 4.69) is 97.1 Å². The van der Waals surface area contributed by atoms with Gasteiger partial charge in [0.2, 0.25) is 0 Å². The molecule has 0 spiro atoms. The first-order chi connectivity index (χ1) is 19.8. The molecular weight excluding hydrogens is 679 g/mol. The van der Waals surface area contributed by atoms with Crippen LogP contribution in [0.2, 0.25) is 0 Å². The summed E-state index contributed by atoms with van der Waals surface area (Å²) in [6, 6.07) is 51.0. The van der Waals surface area contributed by atoms with Crippen LogP contribution in [0.25, 0.3) is 67.1 Å². The molecule has 0 saturated heterocycles. The van der Waals surface area contributed by atoms with Gasteiger partial charge >= 0.3 is 0 Å². The van der Waals surface area contributed by atoms with E-state index < -0.39 is 0 Å². The first-order valence-electron chi connectivity index (χ1n) is 13.3. The Labute approximate surface area is 253 Å². The third kappa shape index (κ3) is 5.62. The van der Waals surface area contributed by atoms with Gasteiger partial charge in [0.25, 0.3) is 0 Å². The van der Waals surface area contributed by atoms with Crippen molar-refractivity contribution < 1.29 is 20.1 Å². The van der Waals surface area contributed by atoms with Crippen molar-refractivity contribution in [1.29, 1.82) is 0 Å². The zero-order valence-electron chi connectivity index (χ0n) is 22.0. The maximum atomic E-state index is 5.07. The summed E-state index contributed by atoms with van der Waals surface area (Å²) >= 11 is 0. The Morgan fingerprint density at radius 1 is 0.439 bits per heavy atom. The molecule has 0 atom stereocenters. The molecule has 7 rings (SSSR count). The molecule has 41 heavy (non-hydrogen) atoms. The molecular formula is C37H24IrN3-. The van der Waals surface area contributed by atoms with E-state index in [0.717, 1.165) is 55.7 Å². The predicted molar refractivity (Wildman–Crippen MR) is 163 cm³/mol. The second-order valence-electron chi connectivity index (χ2n) is 9.68. The van der Waals surface area contributed by atoms with Gasteiger partial charge in [-0.3, -0.25) is 0 Å². The van der Waals surface area contributed by atoms with Gasteiger partial charge in [-0.05, 0) is 39.7 Å². The van der Waals surface area contributed by atoms with Gasteiger partial charge in [-0.1, -0.05) is 115 Å². The fraction of sp³-hybridized carbons (Fsp3) is 0. The number of fused-ring (bicyclic) bond motifs is 1. The van der Waals surface area contributed by atoms with Crippen LogP contribution >= 0.6 is 0 Å².